The van der Waals surface area contributed by atoms with Crippen LogP contribution in [0.5, 0.6) is 5.75 Å². The molecule has 0 aliphatic heterocycles. The van der Waals surface area contributed by atoms with Crippen molar-refractivity contribution in [1.82, 2.24) is 4.98 Å². The van der Waals surface area contributed by atoms with E-state index in [-0.39, 0.29) is 16.4 Å². The van der Waals surface area contributed by atoms with Crippen LogP contribution in [0.25, 0.3) is 0 Å². The van der Waals surface area contributed by atoms with Gasteiger partial charge < -0.3 is 14.8 Å². The van der Waals surface area contributed by atoms with Crippen LogP contribution in [0.15, 0.2) is 12.3 Å². The summed E-state index contributed by atoms with van der Waals surface area (Å²) in [7, 11) is -1.58. The van der Waals surface area contributed by atoms with E-state index in [9.17, 15) is 0 Å². The molecule has 0 bridgehead atoms. The van der Waals surface area contributed by atoms with Crippen LogP contribution in [0, 0.1) is 5.92 Å². The third-order valence-electron chi connectivity index (χ3n) is 2.33. The van der Waals surface area contributed by atoms with Crippen LogP contribution in [0.1, 0.15) is 12.8 Å². The molecule has 15 heavy (non-hydrogen) atoms. The number of rotatable bonds is 4. The minimum atomic E-state index is -1.58. The van der Waals surface area contributed by atoms with Crippen molar-refractivity contribution in [3.05, 3.63) is 17.4 Å². The molecule has 1 heterocycles. The third-order valence-corrected chi connectivity index (χ3v) is 2.60. The van der Waals surface area contributed by atoms with E-state index >= 15 is 0 Å². The summed E-state index contributed by atoms with van der Waals surface area (Å²) < 4.78 is 5.44. The molecular formula is C9H11BClNO3. The summed E-state index contributed by atoms with van der Waals surface area (Å²) in [4.78, 5) is 3.84. The average molecular weight is 227 g/mol. The Labute approximate surface area is 93.0 Å². The van der Waals surface area contributed by atoms with Gasteiger partial charge in [0.1, 0.15) is 0 Å². The van der Waals surface area contributed by atoms with Gasteiger partial charge in [-0.05, 0) is 24.8 Å². The molecule has 1 aliphatic rings. The molecule has 1 fully saturated rings. The van der Waals surface area contributed by atoms with Crippen molar-refractivity contribution in [2.75, 3.05) is 6.61 Å². The van der Waals surface area contributed by atoms with Gasteiger partial charge in [-0.1, -0.05) is 11.6 Å². The first kappa shape index (κ1) is 10.7. The topological polar surface area (TPSA) is 62.6 Å². The second-order valence-corrected chi connectivity index (χ2v) is 4.01. The molecule has 0 radical (unpaired) electrons. The molecule has 0 amide bonds. The predicted octanol–water partition coefficient (Wildman–Crippen LogP) is 0.204. The van der Waals surface area contributed by atoms with Gasteiger partial charge in [0.15, 0.2) is 10.9 Å². The lowest BCUT2D eigenvalue weighted by Crippen LogP contribution is -2.32. The van der Waals surface area contributed by atoms with Crippen molar-refractivity contribution in [1.29, 1.82) is 0 Å². The second kappa shape index (κ2) is 4.39. The molecule has 0 aromatic carbocycles. The highest BCUT2D eigenvalue weighted by Crippen LogP contribution is 2.30. The number of aromatic nitrogens is 1. The Morgan fingerprint density at radius 1 is 1.53 bits per heavy atom. The fourth-order valence-electron chi connectivity index (χ4n) is 1.27. The Morgan fingerprint density at radius 2 is 2.27 bits per heavy atom. The van der Waals surface area contributed by atoms with E-state index in [1.54, 1.807) is 0 Å². The lowest BCUT2D eigenvalue weighted by Gasteiger charge is -2.11. The zero-order valence-corrected chi connectivity index (χ0v) is 8.81. The van der Waals surface area contributed by atoms with Gasteiger partial charge >= 0.3 is 7.12 Å². The third kappa shape index (κ3) is 2.62. The summed E-state index contributed by atoms with van der Waals surface area (Å²) in [5, 5.41) is 18.4. The van der Waals surface area contributed by atoms with Gasteiger partial charge in [-0.3, -0.25) is 0 Å². The second-order valence-electron chi connectivity index (χ2n) is 3.65. The largest absolute Gasteiger partial charge is 0.492 e. The molecule has 4 nitrogen and oxygen atoms in total. The van der Waals surface area contributed by atoms with E-state index in [4.69, 9.17) is 26.4 Å². The molecule has 2 rings (SSSR count). The van der Waals surface area contributed by atoms with E-state index in [1.807, 2.05) is 0 Å². The predicted molar refractivity (Wildman–Crippen MR) is 57.3 cm³/mol. The smallest absolute Gasteiger partial charge is 0.490 e. The van der Waals surface area contributed by atoms with Gasteiger partial charge in [-0.15, -0.1) is 0 Å². The Balaban J connectivity index is 2.16. The molecule has 1 aromatic heterocycles. The maximum absolute atomic E-state index is 9.10. The number of halogens is 1. The van der Waals surface area contributed by atoms with E-state index < -0.39 is 7.12 Å². The monoisotopic (exact) mass is 227 g/mol. The Bertz CT molecular complexity index is 357. The highest BCUT2D eigenvalue weighted by molar-refractivity contribution is 6.60. The van der Waals surface area contributed by atoms with E-state index in [2.05, 4.69) is 4.98 Å². The van der Waals surface area contributed by atoms with Crippen molar-refractivity contribution in [3.8, 4) is 5.75 Å². The summed E-state index contributed by atoms with van der Waals surface area (Å²) in [6.45, 7) is 0.561. The lowest BCUT2D eigenvalue weighted by molar-refractivity contribution is 0.299. The first-order valence-electron chi connectivity index (χ1n) is 4.82. The molecule has 0 saturated heterocycles. The van der Waals surface area contributed by atoms with Crippen LogP contribution in [0.3, 0.4) is 0 Å². The van der Waals surface area contributed by atoms with Crippen LogP contribution < -0.4 is 10.2 Å². The van der Waals surface area contributed by atoms with Gasteiger partial charge in [0.25, 0.3) is 0 Å². The average Bonchev–Trinajstić information content (AvgIpc) is 2.99. The van der Waals surface area contributed by atoms with Crippen LogP contribution in [0.2, 0.25) is 5.15 Å². The van der Waals surface area contributed by atoms with Crippen LogP contribution >= 0.6 is 11.6 Å². The van der Waals surface area contributed by atoms with Gasteiger partial charge in [-0.25, -0.2) is 4.98 Å². The first-order chi connectivity index (χ1) is 7.18. The summed E-state index contributed by atoms with van der Waals surface area (Å²) in [5.41, 5.74) is 0.260. The summed E-state index contributed by atoms with van der Waals surface area (Å²) in [5.74, 6) is 0.853. The van der Waals surface area contributed by atoms with Gasteiger partial charge in [0.2, 0.25) is 0 Å². The Hall–Kier alpha value is -0.775. The molecule has 1 aliphatic carbocycles. The number of hydrogen-bond acceptors (Lipinski definition) is 4. The Morgan fingerprint density at radius 3 is 2.87 bits per heavy atom. The van der Waals surface area contributed by atoms with Crippen molar-refractivity contribution in [2.45, 2.75) is 12.8 Å². The zero-order valence-electron chi connectivity index (χ0n) is 8.06. The number of hydrogen-bond donors (Lipinski definition) is 2. The van der Waals surface area contributed by atoms with E-state index in [0.29, 0.717) is 12.5 Å². The van der Waals surface area contributed by atoms with E-state index in [1.165, 1.54) is 12.3 Å². The fourth-order valence-corrected chi connectivity index (χ4v) is 1.49. The molecule has 2 N–H and O–H groups in total. The maximum Gasteiger partial charge on any atom is 0.492 e. The lowest BCUT2D eigenvalue weighted by atomic mass is 9.80. The number of ether oxygens (including phenoxy) is 1. The summed E-state index contributed by atoms with van der Waals surface area (Å²) >= 11 is 5.82. The minimum absolute atomic E-state index is 0.168. The van der Waals surface area contributed by atoms with Crippen molar-refractivity contribution >= 4 is 24.2 Å². The molecule has 80 valence electrons. The van der Waals surface area contributed by atoms with Gasteiger partial charge in [0.05, 0.1) is 6.61 Å². The molecule has 0 spiro atoms. The highest BCUT2D eigenvalue weighted by atomic mass is 35.5. The normalized spacial score (nSPS) is 15.1. The standard InChI is InChI=1S/C9H11BClNO3/c11-9-8(15-5-6-1-2-6)7(10(13)14)3-4-12-9/h3-4,6,13-14H,1-2,5H2. The zero-order chi connectivity index (χ0) is 10.8. The van der Waals surface area contributed by atoms with Crippen molar-refractivity contribution in [2.24, 2.45) is 5.92 Å². The molecule has 1 saturated carbocycles. The summed E-state index contributed by atoms with van der Waals surface area (Å²) in [6.07, 6.45) is 3.74. The summed E-state index contributed by atoms with van der Waals surface area (Å²) in [6, 6.07) is 1.48. The quantitative estimate of drug-likeness (QED) is 0.570. The molecule has 0 unspecified atom stereocenters. The number of nitrogens with zero attached hydrogens (tertiary/aromatic N) is 1. The van der Waals surface area contributed by atoms with Crippen LogP contribution in [0.4, 0.5) is 0 Å². The van der Waals surface area contributed by atoms with Crippen LogP contribution in [-0.4, -0.2) is 28.8 Å². The molecular weight excluding hydrogens is 216 g/mol. The van der Waals surface area contributed by atoms with E-state index in [0.717, 1.165) is 12.8 Å². The Kier molecular flexibility index (Phi) is 3.14. The highest BCUT2D eigenvalue weighted by Gasteiger charge is 2.25. The first-order valence-corrected chi connectivity index (χ1v) is 5.19. The molecule has 6 heteroatoms. The fraction of sp³-hybridized carbons (Fsp3) is 0.444. The maximum atomic E-state index is 9.10. The molecule has 0 atom stereocenters. The van der Waals surface area contributed by atoms with Crippen LogP contribution in [-0.2, 0) is 0 Å². The van der Waals surface area contributed by atoms with Crippen molar-refractivity contribution in [3.63, 3.8) is 0 Å². The SMILES string of the molecule is OB(O)c1ccnc(Cl)c1OCC1CC1. The molecule has 1 aromatic rings. The number of pyridine rings is 1. The van der Waals surface area contributed by atoms with Gasteiger partial charge in [-0.2, -0.15) is 0 Å². The van der Waals surface area contributed by atoms with Crippen molar-refractivity contribution < 1.29 is 14.8 Å². The van der Waals surface area contributed by atoms with Gasteiger partial charge in [0, 0.05) is 11.7 Å². The minimum Gasteiger partial charge on any atom is -0.490 e.